The zero-order chi connectivity index (χ0) is 22.5. The third kappa shape index (κ3) is 5.38. The van der Waals surface area contributed by atoms with Crippen molar-refractivity contribution < 1.29 is 14.3 Å². The summed E-state index contributed by atoms with van der Waals surface area (Å²) in [4.78, 5) is 23.9. The first-order valence-electron chi connectivity index (χ1n) is 10.5. The van der Waals surface area contributed by atoms with Crippen LogP contribution in [-0.4, -0.2) is 54.2 Å². The van der Waals surface area contributed by atoms with Gasteiger partial charge in [-0.25, -0.2) is 14.8 Å². The van der Waals surface area contributed by atoms with Gasteiger partial charge in [0.05, 0.1) is 25.3 Å². The Morgan fingerprint density at radius 1 is 1.06 bits per heavy atom. The molecule has 3 aromatic rings. The normalized spacial score (nSPS) is 14.8. The second kappa shape index (κ2) is 10.0. The first-order valence-corrected chi connectivity index (χ1v) is 10.9. The van der Waals surface area contributed by atoms with Gasteiger partial charge < -0.3 is 14.8 Å². The highest BCUT2D eigenvalue weighted by Crippen LogP contribution is 2.26. The molecule has 1 saturated heterocycles. The summed E-state index contributed by atoms with van der Waals surface area (Å²) in [5, 5.41) is 6.56. The predicted molar refractivity (Wildman–Crippen MR) is 125 cm³/mol. The van der Waals surface area contributed by atoms with E-state index in [9.17, 15) is 4.79 Å². The number of halogens is 1. The van der Waals surface area contributed by atoms with E-state index in [0.717, 1.165) is 37.5 Å². The van der Waals surface area contributed by atoms with Crippen LogP contribution in [0.15, 0.2) is 42.5 Å². The maximum Gasteiger partial charge on any atom is 0.320 e. The molecule has 0 saturated carbocycles. The summed E-state index contributed by atoms with van der Waals surface area (Å²) in [7, 11) is 3.09. The fraction of sp³-hybridized carbons (Fsp3) is 0.348. The zero-order valence-electron chi connectivity index (χ0n) is 18.1. The number of amides is 2. The molecule has 0 atom stereocenters. The Morgan fingerprint density at radius 3 is 2.50 bits per heavy atom. The van der Waals surface area contributed by atoms with Crippen LogP contribution in [0.25, 0.3) is 11.0 Å². The second-order valence-corrected chi connectivity index (χ2v) is 8.15. The number of likely N-dealkylation sites (tertiary alicyclic amines) is 1. The highest BCUT2D eigenvalue weighted by Gasteiger charge is 2.22. The van der Waals surface area contributed by atoms with Crippen LogP contribution in [0.2, 0.25) is 5.02 Å². The first kappa shape index (κ1) is 22.1. The number of benzene rings is 2. The van der Waals surface area contributed by atoms with Gasteiger partial charge in [-0.1, -0.05) is 23.7 Å². The third-order valence-electron chi connectivity index (χ3n) is 5.51. The van der Waals surface area contributed by atoms with E-state index >= 15 is 0 Å². The number of carbonyl (C=O) groups excluding carboxylic acids is 1. The van der Waals surface area contributed by atoms with E-state index in [1.54, 1.807) is 25.3 Å². The molecule has 8 nitrogen and oxygen atoms in total. The van der Waals surface area contributed by atoms with Gasteiger partial charge in [-0.2, -0.15) is 0 Å². The molecule has 168 valence electrons. The van der Waals surface area contributed by atoms with Crippen molar-refractivity contribution in [1.82, 2.24) is 20.2 Å². The minimum absolute atomic E-state index is 0.0935. The zero-order valence-corrected chi connectivity index (χ0v) is 18.9. The summed E-state index contributed by atoms with van der Waals surface area (Å²) in [5.74, 6) is 1.19. The number of hydrogen-bond donors (Lipinski definition) is 2. The van der Waals surface area contributed by atoms with Crippen LogP contribution >= 0.6 is 11.6 Å². The molecule has 2 N–H and O–H groups in total. The summed E-state index contributed by atoms with van der Waals surface area (Å²) in [6, 6.07) is 13.1. The standard InChI is InChI=1S/C23H26ClN5O3/c1-31-18-7-8-19-20(13-18)26-21(22(27-19)32-2)28-23(30)25-17-9-11-29(12-10-17)14-15-3-5-16(24)6-4-15/h3-8,13,17H,9-12,14H2,1-2H3,(H2,25,26,28,30). The van der Waals surface area contributed by atoms with Gasteiger partial charge in [0.15, 0.2) is 5.82 Å². The molecule has 4 rings (SSSR count). The van der Waals surface area contributed by atoms with Gasteiger partial charge in [0.1, 0.15) is 5.75 Å². The van der Waals surface area contributed by atoms with E-state index < -0.39 is 0 Å². The number of hydrogen-bond acceptors (Lipinski definition) is 6. The second-order valence-electron chi connectivity index (χ2n) is 7.71. The van der Waals surface area contributed by atoms with Crippen molar-refractivity contribution in [2.24, 2.45) is 0 Å². The Kier molecular flexibility index (Phi) is 6.92. The van der Waals surface area contributed by atoms with Crippen LogP contribution in [0.3, 0.4) is 0 Å². The average molecular weight is 456 g/mol. The topological polar surface area (TPSA) is 88.6 Å². The number of nitrogens with zero attached hydrogens (tertiary/aromatic N) is 3. The van der Waals surface area contributed by atoms with Crippen LogP contribution in [0, 0.1) is 0 Å². The number of rotatable bonds is 6. The lowest BCUT2D eigenvalue weighted by atomic mass is 10.0. The molecule has 2 aromatic carbocycles. The monoisotopic (exact) mass is 455 g/mol. The number of anilines is 1. The Morgan fingerprint density at radius 2 is 1.81 bits per heavy atom. The highest BCUT2D eigenvalue weighted by molar-refractivity contribution is 6.30. The summed E-state index contributed by atoms with van der Waals surface area (Å²) < 4.78 is 10.6. The summed E-state index contributed by atoms with van der Waals surface area (Å²) >= 11 is 5.96. The minimum Gasteiger partial charge on any atom is -0.497 e. The molecule has 9 heteroatoms. The number of aromatic nitrogens is 2. The SMILES string of the molecule is COc1ccc2nc(OC)c(NC(=O)NC3CCN(Cc4ccc(Cl)cc4)CC3)nc2c1. The molecule has 2 amide bonds. The Balaban J connectivity index is 1.33. The molecule has 1 aromatic heterocycles. The number of ether oxygens (including phenoxy) is 2. The van der Waals surface area contributed by atoms with Crippen LogP contribution in [-0.2, 0) is 6.54 Å². The molecule has 32 heavy (non-hydrogen) atoms. The van der Waals surface area contributed by atoms with Crippen molar-refractivity contribution >= 4 is 34.5 Å². The minimum atomic E-state index is -0.323. The average Bonchev–Trinajstić information content (AvgIpc) is 2.81. The fourth-order valence-corrected chi connectivity index (χ4v) is 3.91. The van der Waals surface area contributed by atoms with Crippen molar-refractivity contribution in [3.8, 4) is 11.6 Å². The van der Waals surface area contributed by atoms with Crippen molar-refractivity contribution in [2.75, 3.05) is 32.6 Å². The molecule has 1 aliphatic rings. The molecule has 1 fully saturated rings. The predicted octanol–water partition coefficient (Wildman–Crippen LogP) is 4.09. The van der Waals surface area contributed by atoms with Gasteiger partial charge in [-0.05, 0) is 42.7 Å². The van der Waals surface area contributed by atoms with Crippen molar-refractivity contribution in [3.63, 3.8) is 0 Å². The smallest absolute Gasteiger partial charge is 0.320 e. The van der Waals surface area contributed by atoms with Gasteiger partial charge in [0, 0.05) is 36.8 Å². The van der Waals surface area contributed by atoms with E-state index in [-0.39, 0.29) is 23.8 Å². The van der Waals surface area contributed by atoms with E-state index in [1.807, 2.05) is 24.3 Å². The maximum atomic E-state index is 12.6. The van der Waals surface area contributed by atoms with E-state index in [4.69, 9.17) is 21.1 Å². The molecule has 1 aliphatic heterocycles. The lowest BCUT2D eigenvalue weighted by Crippen LogP contribution is -2.45. The number of nitrogens with one attached hydrogen (secondary N) is 2. The molecule has 2 heterocycles. The highest BCUT2D eigenvalue weighted by atomic mass is 35.5. The van der Waals surface area contributed by atoms with Crippen molar-refractivity contribution in [3.05, 3.63) is 53.1 Å². The third-order valence-corrected chi connectivity index (χ3v) is 5.76. The Labute approximate surface area is 191 Å². The van der Waals surface area contributed by atoms with Crippen LogP contribution in [0.4, 0.5) is 10.6 Å². The maximum absolute atomic E-state index is 12.6. The summed E-state index contributed by atoms with van der Waals surface area (Å²) in [6.45, 7) is 2.70. The van der Waals surface area contributed by atoms with Gasteiger partial charge in [0.25, 0.3) is 5.88 Å². The molecular weight excluding hydrogens is 430 g/mol. The van der Waals surface area contributed by atoms with Gasteiger partial charge in [-0.3, -0.25) is 10.2 Å². The quantitative estimate of drug-likeness (QED) is 0.582. The number of piperidine rings is 1. The fourth-order valence-electron chi connectivity index (χ4n) is 3.78. The first-order chi connectivity index (χ1) is 15.5. The number of fused-ring (bicyclic) bond motifs is 1. The molecule has 0 aliphatic carbocycles. The van der Waals surface area contributed by atoms with E-state index in [1.165, 1.54) is 12.7 Å². The molecular formula is C23H26ClN5O3. The van der Waals surface area contributed by atoms with E-state index in [0.29, 0.717) is 16.8 Å². The largest absolute Gasteiger partial charge is 0.497 e. The molecule has 0 bridgehead atoms. The van der Waals surface area contributed by atoms with Crippen LogP contribution in [0.5, 0.6) is 11.6 Å². The van der Waals surface area contributed by atoms with Gasteiger partial charge >= 0.3 is 6.03 Å². The Bertz CT molecular complexity index is 1080. The number of carbonyl (C=O) groups is 1. The van der Waals surface area contributed by atoms with Gasteiger partial charge in [0.2, 0.25) is 0 Å². The summed E-state index contributed by atoms with van der Waals surface area (Å²) in [5.41, 5.74) is 2.50. The molecule has 0 spiro atoms. The lowest BCUT2D eigenvalue weighted by Gasteiger charge is -2.32. The molecule has 0 radical (unpaired) electrons. The van der Waals surface area contributed by atoms with Crippen LogP contribution in [0.1, 0.15) is 18.4 Å². The van der Waals surface area contributed by atoms with Gasteiger partial charge in [-0.15, -0.1) is 0 Å². The Hall–Kier alpha value is -3.10. The van der Waals surface area contributed by atoms with Crippen molar-refractivity contribution in [2.45, 2.75) is 25.4 Å². The van der Waals surface area contributed by atoms with Crippen molar-refractivity contribution in [1.29, 1.82) is 0 Å². The lowest BCUT2D eigenvalue weighted by molar-refractivity contribution is 0.190. The molecule has 0 unspecified atom stereocenters. The van der Waals surface area contributed by atoms with Crippen LogP contribution < -0.4 is 20.1 Å². The number of methoxy groups -OCH3 is 2. The van der Waals surface area contributed by atoms with E-state index in [2.05, 4.69) is 25.5 Å². The summed E-state index contributed by atoms with van der Waals surface area (Å²) in [6.07, 6.45) is 1.75. The number of urea groups is 1.